The van der Waals surface area contributed by atoms with Crippen molar-refractivity contribution in [3.63, 3.8) is 0 Å². The summed E-state index contributed by atoms with van der Waals surface area (Å²) in [5.41, 5.74) is 2.07. The number of nitrogens with one attached hydrogen (secondary N) is 1. The normalized spacial score (nSPS) is 11.0. The minimum Gasteiger partial charge on any atom is -0.508 e. The summed E-state index contributed by atoms with van der Waals surface area (Å²) in [7, 11) is 0. The Labute approximate surface area is 192 Å². The standard InChI is InChI=1S/C28H37NO3/c1-2-3-4-5-6-7-8-9-10-11-15-27(31)24-13-12-14-25(22-24)29-28(32)21-18-23-16-19-26(30)20-17-23/h12-14,16-22,30H,2-11,15H2,1H3,(H,29,32)/b21-18+. The summed E-state index contributed by atoms with van der Waals surface area (Å²) in [5, 5.41) is 12.1. The zero-order valence-corrected chi connectivity index (χ0v) is 19.3. The summed E-state index contributed by atoms with van der Waals surface area (Å²) in [6, 6.07) is 13.7. The number of aromatic hydroxyl groups is 1. The highest BCUT2D eigenvalue weighted by molar-refractivity contribution is 6.03. The van der Waals surface area contributed by atoms with E-state index in [0.29, 0.717) is 17.7 Å². The molecule has 0 radical (unpaired) electrons. The number of phenolic OH excluding ortho intramolecular Hbond substituents is 1. The first-order valence-corrected chi connectivity index (χ1v) is 12.0. The fourth-order valence-electron chi connectivity index (χ4n) is 3.63. The van der Waals surface area contributed by atoms with Crippen LogP contribution in [-0.4, -0.2) is 16.8 Å². The largest absolute Gasteiger partial charge is 0.508 e. The van der Waals surface area contributed by atoms with E-state index in [9.17, 15) is 14.7 Å². The molecule has 0 aliphatic carbocycles. The van der Waals surface area contributed by atoms with Crippen LogP contribution >= 0.6 is 0 Å². The van der Waals surface area contributed by atoms with E-state index < -0.39 is 0 Å². The predicted octanol–water partition coefficient (Wildman–Crippen LogP) is 7.54. The fourth-order valence-corrected chi connectivity index (χ4v) is 3.63. The van der Waals surface area contributed by atoms with Gasteiger partial charge in [-0.15, -0.1) is 0 Å². The van der Waals surface area contributed by atoms with Crippen molar-refractivity contribution in [2.24, 2.45) is 0 Å². The molecule has 0 atom stereocenters. The molecule has 0 saturated heterocycles. The van der Waals surface area contributed by atoms with Crippen LogP contribution in [0, 0.1) is 0 Å². The molecular formula is C28H37NO3. The summed E-state index contributed by atoms with van der Waals surface area (Å²) in [6.07, 6.45) is 16.1. The first-order valence-electron chi connectivity index (χ1n) is 12.0. The van der Waals surface area contributed by atoms with Gasteiger partial charge >= 0.3 is 0 Å². The summed E-state index contributed by atoms with van der Waals surface area (Å²) >= 11 is 0. The van der Waals surface area contributed by atoms with E-state index in [4.69, 9.17) is 0 Å². The second-order valence-corrected chi connectivity index (χ2v) is 8.35. The summed E-state index contributed by atoms with van der Waals surface area (Å²) in [5.74, 6) is 0.0450. The molecule has 0 aliphatic rings. The Kier molecular flexibility index (Phi) is 11.9. The molecule has 0 bridgehead atoms. The Hall–Kier alpha value is -2.88. The third-order valence-corrected chi connectivity index (χ3v) is 5.53. The van der Waals surface area contributed by atoms with Crippen LogP contribution in [0.3, 0.4) is 0 Å². The number of anilines is 1. The molecule has 1 amide bonds. The molecule has 0 unspecified atom stereocenters. The number of carbonyl (C=O) groups is 2. The van der Waals surface area contributed by atoms with Gasteiger partial charge in [0.2, 0.25) is 5.91 Å². The quantitative estimate of drug-likeness (QED) is 0.172. The number of unbranched alkanes of at least 4 members (excludes halogenated alkanes) is 9. The van der Waals surface area contributed by atoms with Crippen molar-refractivity contribution in [2.45, 2.75) is 77.6 Å². The first-order chi connectivity index (χ1) is 15.6. The number of carbonyl (C=O) groups excluding carboxylic acids is 2. The summed E-state index contributed by atoms with van der Waals surface area (Å²) in [4.78, 5) is 24.7. The molecule has 4 nitrogen and oxygen atoms in total. The van der Waals surface area contributed by atoms with Crippen molar-refractivity contribution < 1.29 is 14.7 Å². The maximum absolute atomic E-state index is 12.5. The van der Waals surface area contributed by atoms with Crippen LogP contribution < -0.4 is 5.32 Å². The molecule has 0 aliphatic heterocycles. The number of hydrogen-bond donors (Lipinski definition) is 2. The van der Waals surface area contributed by atoms with Gasteiger partial charge in [0.25, 0.3) is 0 Å². The lowest BCUT2D eigenvalue weighted by molar-refractivity contribution is -0.111. The third-order valence-electron chi connectivity index (χ3n) is 5.53. The zero-order chi connectivity index (χ0) is 23.0. The maximum atomic E-state index is 12.5. The average Bonchev–Trinajstić information content (AvgIpc) is 2.80. The van der Waals surface area contributed by atoms with Crippen LogP contribution in [0.15, 0.2) is 54.6 Å². The van der Waals surface area contributed by atoms with Crippen molar-refractivity contribution in [1.82, 2.24) is 0 Å². The molecule has 0 spiro atoms. The van der Waals surface area contributed by atoms with E-state index in [1.54, 1.807) is 54.6 Å². The van der Waals surface area contributed by atoms with Gasteiger partial charge in [-0.3, -0.25) is 9.59 Å². The highest BCUT2D eigenvalue weighted by Crippen LogP contribution is 2.16. The fraction of sp³-hybridized carbons (Fsp3) is 0.429. The Morgan fingerprint density at radius 2 is 1.47 bits per heavy atom. The Bertz CT molecular complexity index is 855. The molecule has 4 heteroatoms. The minimum absolute atomic E-state index is 0.125. The predicted molar refractivity (Wildman–Crippen MR) is 133 cm³/mol. The molecular weight excluding hydrogens is 398 g/mol. The van der Waals surface area contributed by atoms with Crippen molar-refractivity contribution in [3.05, 3.63) is 65.7 Å². The summed E-state index contributed by atoms with van der Waals surface area (Å²) in [6.45, 7) is 2.24. The molecule has 2 N–H and O–H groups in total. The van der Waals surface area contributed by atoms with Gasteiger partial charge in [-0.1, -0.05) is 89.0 Å². The molecule has 0 fully saturated rings. The van der Waals surface area contributed by atoms with Crippen LogP contribution in [0.5, 0.6) is 5.75 Å². The number of hydrogen-bond acceptors (Lipinski definition) is 3. The second kappa shape index (κ2) is 15.0. The van der Waals surface area contributed by atoms with Crippen molar-refractivity contribution in [3.8, 4) is 5.75 Å². The molecule has 172 valence electrons. The van der Waals surface area contributed by atoms with Gasteiger partial charge in [0.15, 0.2) is 5.78 Å². The van der Waals surface area contributed by atoms with Crippen molar-refractivity contribution in [1.29, 1.82) is 0 Å². The molecule has 0 aromatic heterocycles. The minimum atomic E-state index is -0.266. The summed E-state index contributed by atoms with van der Waals surface area (Å²) < 4.78 is 0. The van der Waals surface area contributed by atoms with Crippen LogP contribution in [0.2, 0.25) is 0 Å². The van der Waals surface area contributed by atoms with E-state index in [2.05, 4.69) is 12.2 Å². The Morgan fingerprint density at radius 1 is 0.844 bits per heavy atom. The molecule has 2 aromatic rings. The van der Waals surface area contributed by atoms with E-state index in [-0.39, 0.29) is 17.4 Å². The number of ketones is 1. The van der Waals surface area contributed by atoms with Crippen LogP contribution in [-0.2, 0) is 4.79 Å². The molecule has 2 rings (SSSR count). The van der Waals surface area contributed by atoms with Crippen molar-refractivity contribution >= 4 is 23.5 Å². The lowest BCUT2D eigenvalue weighted by Crippen LogP contribution is -2.08. The average molecular weight is 436 g/mol. The van der Waals surface area contributed by atoms with E-state index in [1.807, 2.05) is 0 Å². The van der Waals surface area contributed by atoms with E-state index >= 15 is 0 Å². The lowest BCUT2D eigenvalue weighted by atomic mass is 10.0. The highest BCUT2D eigenvalue weighted by atomic mass is 16.3. The highest BCUT2D eigenvalue weighted by Gasteiger charge is 2.07. The van der Waals surface area contributed by atoms with Gasteiger partial charge in [-0.2, -0.15) is 0 Å². The van der Waals surface area contributed by atoms with Crippen LogP contribution in [0.4, 0.5) is 5.69 Å². The second-order valence-electron chi connectivity index (χ2n) is 8.35. The van der Waals surface area contributed by atoms with Gasteiger partial charge in [0, 0.05) is 23.7 Å². The topological polar surface area (TPSA) is 66.4 Å². The molecule has 32 heavy (non-hydrogen) atoms. The maximum Gasteiger partial charge on any atom is 0.248 e. The van der Waals surface area contributed by atoms with Gasteiger partial charge in [0.05, 0.1) is 0 Å². The van der Waals surface area contributed by atoms with E-state index in [1.165, 1.54) is 57.4 Å². The number of Topliss-reactive ketones (excluding diaryl/α,β-unsaturated/α-hetero) is 1. The number of rotatable bonds is 15. The van der Waals surface area contributed by atoms with Gasteiger partial charge in [-0.05, 0) is 42.3 Å². The number of benzene rings is 2. The third kappa shape index (κ3) is 10.4. The SMILES string of the molecule is CCCCCCCCCCCCC(=O)c1cccc(NC(=O)/C=C/c2ccc(O)cc2)c1. The number of amides is 1. The monoisotopic (exact) mass is 435 g/mol. The number of phenols is 1. The van der Waals surface area contributed by atoms with Crippen LogP contribution in [0.25, 0.3) is 6.08 Å². The van der Waals surface area contributed by atoms with Gasteiger partial charge in [-0.25, -0.2) is 0 Å². The van der Waals surface area contributed by atoms with Crippen LogP contribution in [0.1, 0.15) is 93.5 Å². The zero-order valence-electron chi connectivity index (χ0n) is 19.3. The Balaban J connectivity index is 1.68. The van der Waals surface area contributed by atoms with Crippen molar-refractivity contribution in [2.75, 3.05) is 5.32 Å². The van der Waals surface area contributed by atoms with Gasteiger partial charge in [0.1, 0.15) is 5.75 Å². The Morgan fingerprint density at radius 3 is 2.12 bits per heavy atom. The van der Waals surface area contributed by atoms with Gasteiger partial charge < -0.3 is 10.4 Å². The molecule has 2 aromatic carbocycles. The smallest absolute Gasteiger partial charge is 0.248 e. The first kappa shape index (κ1) is 25.4. The van der Waals surface area contributed by atoms with E-state index in [0.717, 1.165) is 18.4 Å². The lowest BCUT2D eigenvalue weighted by Gasteiger charge is -2.06. The molecule has 0 heterocycles. The molecule has 0 saturated carbocycles.